The molecule has 0 saturated carbocycles. The van der Waals surface area contributed by atoms with Crippen LogP contribution in [0.4, 0.5) is 5.95 Å². The van der Waals surface area contributed by atoms with E-state index in [1.807, 2.05) is 54.6 Å². The molecule has 0 bridgehead atoms. The molecule has 1 atom stereocenters. The van der Waals surface area contributed by atoms with Crippen molar-refractivity contribution in [3.63, 3.8) is 0 Å². The molecule has 1 aliphatic rings. The van der Waals surface area contributed by atoms with E-state index in [1.165, 1.54) is 0 Å². The maximum absolute atomic E-state index is 12.0. The van der Waals surface area contributed by atoms with Crippen LogP contribution in [-0.4, -0.2) is 28.5 Å². The molecule has 0 spiro atoms. The van der Waals surface area contributed by atoms with Gasteiger partial charge in [0.1, 0.15) is 6.04 Å². The van der Waals surface area contributed by atoms with E-state index in [-0.39, 0.29) is 11.9 Å². The number of nitrogens with one attached hydrogen (secondary N) is 2. The minimum Gasteiger partial charge on any atom is -0.354 e. The molecule has 4 rings (SSSR count). The number of hydrogen-bond acceptors (Lipinski definition) is 4. The molecule has 5 heteroatoms. The summed E-state index contributed by atoms with van der Waals surface area (Å²) < 4.78 is 0. The van der Waals surface area contributed by atoms with E-state index in [2.05, 4.69) is 15.6 Å². The molecule has 5 nitrogen and oxygen atoms in total. The highest BCUT2D eigenvalue weighted by atomic mass is 16.2. The Morgan fingerprint density at radius 2 is 1.79 bits per heavy atom. The highest BCUT2D eigenvalue weighted by molar-refractivity contribution is 5.93. The van der Waals surface area contributed by atoms with Gasteiger partial charge in [0.05, 0.1) is 11.2 Å². The van der Waals surface area contributed by atoms with Gasteiger partial charge in [-0.1, -0.05) is 48.5 Å². The molecule has 1 amide bonds. The lowest BCUT2D eigenvalue weighted by molar-refractivity contribution is -0.123. The van der Waals surface area contributed by atoms with Crippen molar-refractivity contribution in [3.8, 4) is 11.3 Å². The summed E-state index contributed by atoms with van der Waals surface area (Å²) in [5.41, 5.74) is 2.78. The van der Waals surface area contributed by atoms with Gasteiger partial charge in [0.25, 0.3) is 0 Å². The predicted molar refractivity (Wildman–Crippen MR) is 94.6 cm³/mol. The van der Waals surface area contributed by atoms with Crippen molar-refractivity contribution in [1.82, 2.24) is 15.3 Å². The zero-order chi connectivity index (χ0) is 16.4. The number of para-hydroxylation sites is 1. The number of nitrogens with zero attached hydrogens (tertiary/aromatic N) is 2. The largest absolute Gasteiger partial charge is 0.354 e. The van der Waals surface area contributed by atoms with Crippen LogP contribution >= 0.6 is 0 Å². The topological polar surface area (TPSA) is 66.9 Å². The van der Waals surface area contributed by atoms with E-state index in [4.69, 9.17) is 4.98 Å². The number of piperidine rings is 1. The second-order valence-corrected chi connectivity index (χ2v) is 5.91. The summed E-state index contributed by atoms with van der Waals surface area (Å²) in [5.74, 6) is 0.508. The van der Waals surface area contributed by atoms with Crippen LogP contribution in [0.1, 0.15) is 12.8 Å². The van der Waals surface area contributed by atoms with Crippen LogP contribution in [0.2, 0.25) is 0 Å². The maximum Gasteiger partial charge on any atom is 0.242 e. The molecule has 0 aliphatic carbocycles. The number of anilines is 1. The number of rotatable bonds is 3. The Kier molecular flexibility index (Phi) is 3.83. The van der Waals surface area contributed by atoms with Gasteiger partial charge in [-0.3, -0.25) is 4.79 Å². The van der Waals surface area contributed by atoms with Crippen molar-refractivity contribution >= 4 is 22.8 Å². The zero-order valence-corrected chi connectivity index (χ0v) is 13.2. The van der Waals surface area contributed by atoms with Crippen molar-refractivity contribution in [2.75, 3.05) is 11.9 Å². The standard InChI is InChI=1S/C19H18N4O/c24-18-16(11-6-12-20-18)22-19-21-15-10-5-4-9-14(15)17(23-19)13-7-2-1-3-8-13/h1-5,7-10,16H,6,11-12H2,(H,20,24)(H,21,22,23)/t16-/m1/s1. The van der Waals surface area contributed by atoms with Crippen molar-refractivity contribution in [2.24, 2.45) is 0 Å². The number of carbonyl (C=O) groups excluding carboxylic acids is 1. The molecule has 2 heterocycles. The van der Waals surface area contributed by atoms with Gasteiger partial charge < -0.3 is 10.6 Å². The van der Waals surface area contributed by atoms with Crippen molar-refractivity contribution in [1.29, 1.82) is 0 Å². The summed E-state index contributed by atoms with van der Waals surface area (Å²) in [5, 5.41) is 7.08. The second-order valence-electron chi connectivity index (χ2n) is 5.91. The summed E-state index contributed by atoms with van der Waals surface area (Å²) >= 11 is 0. The summed E-state index contributed by atoms with van der Waals surface area (Å²) in [6, 6.07) is 17.7. The monoisotopic (exact) mass is 318 g/mol. The number of carbonyl (C=O) groups is 1. The fraction of sp³-hybridized carbons (Fsp3) is 0.211. The van der Waals surface area contributed by atoms with Crippen LogP contribution in [0.5, 0.6) is 0 Å². The van der Waals surface area contributed by atoms with E-state index in [0.717, 1.165) is 41.5 Å². The third kappa shape index (κ3) is 2.80. The first-order chi connectivity index (χ1) is 11.8. The lowest BCUT2D eigenvalue weighted by atomic mass is 10.1. The molecule has 2 N–H and O–H groups in total. The molecule has 1 aliphatic heterocycles. The van der Waals surface area contributed by atoms with Gasteiger partial charge in [-0.15, -0.1) is 0 Å². The quantitative estimate of drug-likeness (QED) is 0.779. The van der Waals surface area contributed by atoms with Gasteiger partial charge in [-0.25, -0.2) is 9.97 Å². The van der Waals surface area contributed by atoms with Gasteiger partial charge in [-0.05, 0) is 18.9 Å². The van der Waals surface area contributed by atoms with E-state index in [1.54, 1.807) is 0 Å². The van der Waals surface area contributed by atoms with E-state index >= 15 is 0 Å². The number of amides is 1. The Labute approximate surface area is 140 Å². The second kappa shape index (κ2) is 6.28. The molecular weight excluding hydrogens is 300 g/mol. The van der Waals surface area contributed by atoms with E-state index < -0.39 is 0 Å². The smallest absolute Gasteiger partial charge is 0.242 e. The molecule has 1 saturated heterocycles. The molecular formula is C19H18N4O. The van der Waals surface area contributed by atoms with Crippen molar-refractivity contribution in [2.45, 2.75) is 18.9 Å². The SMILES string of the molecule is O=C1NCCC[C@H]1Nc1nc(-c2ccccc2)c2ccccc2n1. The van der Waals surface area contributed by atoms with Crippen LogP contribution in [0.15, 0.2) is 54.6 Å². The summed E-state index contributed by atoms with van der Waals surface area (Å²) in [6.07, 6.45) is 1.76. The minimum atomic E-state index is -0.275. The molecule has 1 fully saturated rings. The van der Waals surface area contributed by atoms with Crippen molar-refractivity contribution in [3.05, 3.63) is 54.6 Å². The Balaban J connectivity index is 1.78. The molecule has 24 heavy (non-hydrogen) atoms. The molecule has 0 unspecified atom stereocenters. The van der Waals surface area contributed by atoms with Crippen LogP contribution < -0.4 is 10.6 Å². The van der Waals surface area contributed by atoms with Crippen LogP contribution in [-0.2, 0) is 4.79 Å². The van der Waals surface area contributed by atoms with E-state index in [0.29, 0.717) is 5.95 Å². The molecule has 1 aromatic heterocycles. The Morgan fingerprint density at radius 1 is 1.00 bits per heavy atom. The Morgan fingerprint density at radius 3 is 2.62 bits per heavy atom. The number of benzene rings is 2. The third-order valence-corrected chi connectivity index (χ3v) is 4.24. The van der Waals surface area contributed by atoms with Crippen LogP contribution in [0, 0.1) is 0 Å². The molecule has 0 radical (unpaired) electrons. The first-order valence-corrected chi connectivity index (χ1v) is 8.18. The first kappa shape index (κ1) is 14.6. The molecule has 120 valence electrons. The first-order valence-electron chi connectivity index (χ1n) is 8.18. The van der Waals surface area contributed by atoms with Gasteiger partial charge in [0.2, 0.25) is 11.9 Å². The normalized spacial score (nSPS) is 17.5. The van der Waals surface area contributed by atoms with Gasteiger partial charge in [-0.2, -0.15) is 0 Å². The maximum atomic E-state index is 12.0. The molecule has 3 aromatic rings. The number of aromatic nitrogens is 2. The average molecular weight is 318 g/mol. The number of fused-ring (bicyclic) bond motifs is 1. The van der Waals surface area contributed by atoms with Crippen molar-refractivity contribution < 1.29 is 4.79 Å². The zero-order valence-electron chi connectivity index (χ0n) is 13.2. The average Bonchev–Trinajstić information content (AvgIpc) is 2.64. The van der Waals surface area contributed by atoms with E-state index in [9.17, 15) is 4.79 Å². The lowest BCUT2D eigenvalue weighted by Crippen LogP contribution is -2.44. The summed E-state index contributed by atoms with van der Waals surface area (Å²) in [7, 11) is 0. The third-order valence-electron chi connectivity index (χ3n) is 4.24. The minimum absolute atomic E-state index is 0.0132. The fourth-order valence-corrected chi connectivity index (χ4v) is 3.02. The van der Waals surface area contributed by atoms with Crippen LogP contribution in [0.3, 0.4) is 0 Å². The van der Waals surface area contributed by atoms with Crippen LogP contribution in [0.25, 0.3) is 22.2 Å². The highest BCUT2D eigenvalue weighted by Gasteiger charge is 2.23. The Bertz CT molecular complexity index is 879. The van der Waals surface area contributed by atoms with Gasteiger partial charge in [0.15, 0.2) is 0 Å². The summed E-state index contributed by atoms with van der Waals surface area (Å²) in [4.78, 5) is 21.3. The van der Waals surface area contributed by atoms with Gasteiger partial charge >= 0.3 is 0 Å². The Hall–Kier alpha value is -2.95. The fourth-order valence-electron chi connectivity index (χ4n) is 3.02. The van der Waals surface area contributed by atoms with Gasteiger partial charge in [0, 0.05) is 17.5 Å². The highest BCUT2D eigenvalue weighted by Crippen LogP contribution is 2.27. The molecule has 2 aromatic carbocycles. The summed E-state index contributed by atoms with van der Waals surface area (Å²) in [6.45, 7) is 0.741. The number of hydrogen-bond donors (Lipinski definition) is 2. The lowest BCUT2D eigenvalue weighted by Gasteiger charge is -2.23. The predicted octanol–water partition coefficient (Wildman–Crippen LogP) is 2.99.